The van der Waals surface area contributed by atoms with Gasteiger partial charge in [0, 0.05) is 10.0 Å². The maximum atomic E-state index is 11.2. The molecular formula is C7H6Cl2O3S. The molecule has 0 aliphatic rings. The first kappa shape index (κ1) is 10.8. The van der Waals surface area contributed by atoms with Gasteiger partial charge in [-0.15, -0.1) is 0 Å². The van der Waals surface area contributed by atoms with Crippen molar-refractivity contribution in [2.75, 3.05) is 7.11 Å². The van der Waals surface area contributed by atoms with Crippen molar-refractivity contribution in [2.45, 2.75) is 4.90 Å². The molecule has 1 rings (SSSR count). The summed E-state index contributed by atoms with van der Waals surface area (Å²) in [5, 5.41) is 0.506. The lowest BCUT2D eigenvalue weighted by molar-refractivity contribution is 0.398. The van der Waals surface area contributed by atoms with Gasteiger partial charge in [-0.2, -0.15) is 8.42 Å². The highest BCUT2D eigenvalue weighted by atomic mass is 35.5. The van der Waals surface area contributed by atoms with Crippen molar-refractivity contribution in [3.05, 3.63) is 28.2 Å². The minimum atomic E-state index is -3.71. The Morgan fingerprint density at radius 1 is 1.15 bits per heavy atom. The van der Waals surface area contributed by atoms with Gasteiger partial charge in [-0.3, -0.25) is 4.18 Å². The van der Waals surface area contributed by atoms with Gasteiger partial charge in [-0.1, -0.05) is 23.2 Å². The molecule has 0 saturated heterocycles. The third-order valence-electron chi connectivity index (χ3n) is 1.34. The van der Waals surface area contributed by atoms with Crippen molar-refractivity contribution in [3.8, 4) is 0 Å². The van der Waals surface area contributed by atoms with E-state index >= 15 is 0 Å². The Balaban J connectivity index is 3.32. The van der Waals surface area contributed by atoms with Crippen LogP contribution in [0.5, 0.6) is 0 Å². The van der Waals surface area contributed by atoms with E-state index in [2.05, 4.69) is 4.18 Å². The molecule has 0 aliphatic heterocycles. The van der Waals surface area contributed by atoms with Crippen molar-refractivity contribution in [1.29, 1.82) is 0 Å². The van der Waals surface area contributed by atoms with Gasteiger partial charge in [-0.05, 0) is 18.2 Å². The number of hydrogen-bond acceptors (Lipinski definition) is 3. The van der Waals surface area contributed by atoms with Gasteiger partial charge in [0.1, 0.15) is 0 Å². The molecule has 3 nitrogen and oxygen atoms in total. The van der Waals surface area contributed by atoms with Crippen LogP contribution in [-0.2, 0) is 14.3 Å². The fourth-order valence-corrected chi connectivity index (χ4v) is 2.16. The first-order valence-corrected chi connectivity index (χ1v) is 5.39. The molecule has 0 aromatic heterocycles. The average molecular weight is 241 g/mol. The van der Waals surface area contributed by atoms with E-state index in [1.165, 1.54) is 18.2 Å². The zero-order valence-corrected chi connectivity index (χ0v) is 8.95. The molecule has 0 heterocycles. The highest BCUT2D eigenvalue weighted by Crippen LogP contribution is 2.22. The lowest BCUT2D eigenvalue weighted by Gasteiger charge is -2.01. The quantitative estimate of drug-likeness (QED) is 0.746. The van der Waals surface area contributed by atoms with Gasteiger partial charge < -0.3 is 0 Å². The van der Waals surface area contributed by atoms with Crippen LogP contribution in [0.15, 0.2) is 23.1 Å². The molecular weight excluding hydrogens is 235 g/mol. The standard InChI is InChI=1S/C7H6Cl2O3S/c1-12-13(10,11)7-3-5(8)2-6(9)4-7/h2-4H,1H3. The van der Waals surface area contributed by atoms with Crippen LogP contribution in [0, 0.1) is 0 Å². The summed E-state index contributed by atoms with van der Waals surface area (Å²) in [6, 6.07) is 3.98. The van der Waals surface area contributed by atoms with E-state index in [0.717, 1.165) is 7.11 Å². The average Bonchev–Trinajstić information content (AvgIpc) is 2.02. The summed E-state index contributed by atoms with van der Waals surface area (Å²) >= 11 is 11.2. The molecule has 0 radical (unpaired) electrons. The number of halogens is 2. The van der Waals surface area contributed by atoms with Crippen molar-refractivity contribution in [2.24, 2.45) is 0 Å². The van der Waals surface area contributed by atoms with Crippen LogP contribution >= 0.6 is 23.2 Å². The lowest BCUT2D eigenvalue weighted by atomic mass is 10.4. The summed E-state index contributed by atoms with van der Waals surface area (Å²) in [4.78, 5) is -0.0486. The van der Waals surface area contributed by atoms with Crippen LogP contribution in [0.1, 0.15) is 0 Å². The highest BCUT2D eigenvalue weighted by Gasteiger charge is 2.13. The van der Waals surface area contributed by atoms with Gasteiger partial charge >= 0.3 is 0 Å². The molecule has 0 unspecified atom stereocenters. The molecule has 72 valence electrons. The van der Waals surface area contributed by atoms with Crippen molar-refractivity contribution >= 4 is 33.3 Å². The number of benzene rings is 1. The minimum Gasteiger partial charge on any atom is -0.270 e. The van der Waals surface area contributed by atoms with Gasteiger partial charge in [-0.25, -0.2) is 0 Å². The van der Waals surface area contributed by atoms with E-state index in [4.69, 9.17) is 23.2 Å². The van der Waals surface area contributed by atoms with E-state index < -0.39 is 10.1 Å². The molecule has 0 aliphatic carbocycles. The molecule has 0 amide bonds. The Bertz CT molecular complexity index is 393. The fraction of sp³-hybridized carbons (Fsp3) is 0.143. The predicted octanol–water partition coefficient (Wildman–Crippen LogP) is 2.33. The molecule has 0 N–H and O–H groups in total. The second-order valence-corrected chi connectivity index (χ2v) is 4.81. The van der Waals surface area contributed by atoms with E-state index in [-0.39, 0.29) is 14.9 Å². The van der Waals surface area contributed by atoms with Crippen LogP contribution < -0.4 is 0 Å². The Morgan fingerprint density at radius 3 is 2.00 bits per heavy atom. The SMILES string of the molecule is COS(=O)(=O)c1cc(Cl)cc(Cl)c1. The van der Waals surface area contributed by atoms with Crippen molar-refractivity contribution < 1.29 is 12.6 Å². The highest BCUT2D eigenvalue weighted by molar-refractivity contribution is 7.86. The predicted molar refractivity (Wildman–Crippen MR) is 50.7 cm³/mol. The third kappa shape index (κ3) is 2.57. The summed E-state index contributed by atoms with van der Waals surface area (Å²) in [5.41, 5.74) is 0. The van der Waals surface area contributed by atoms with Crippen LogP contribution in [0.2, 0.25) is 10.0 Å². The van der Waals surface area contributed by atoms with Crippen LogP contribution in [0.25, 0.3) is 0 Å². The molecule has 0 spiro atoms. The summed E-state index contributed by atoms with van der Waals surface area (Å²) in [6.45, 7) is 0. The van der Waals surface area contributed by atoms with E-state index in [9.17, 15) is 8.42 Å². The van der Waals surface area contributed by atoms with Crippen molar-refractivity contribution in [3.63, 3.8) is 0 Å². The lowest BCUT2D eigenvalue weighted by Crippen LogP contribution is -2.02. The number of rotatable bonds is 2. The monoisotopic (exact) mass is 240 g/mol. The first-order valence-electron chi connectivity index (χ1n) is 3.22. The largest absolute Gasteiger partial charge is 0.296 e. The molecule has 1 aromatic carbocycles. The Kier molecular flexibility index (Phi) is 3.18. The zero-order valence-electron chi connectivity index (χ0n) is 6.62. The van der Waals surface area contributed by atoms with Gasteiger partial charge in [0.05, 0.1) is 12.0 Å². The van der Waals surface area contributed by atoms with Crippen LogP contribution in [-0.4, -0.2) is 15.5 Å². The maximum absolute atomic E-state index is 11.2. The molecule has 0 fully saturated rings. The molecule has 6 heteroatoms. The molecule has 0 saturated carbocycles. The summed E-state index contributed by atoms with van der Waals surface area (Å²) in [5.74, 6) is 0. The smallest absolute Gasteiger partial charge is 0.270 e. The summed E-state index contributed by atoms with van der Waals surface area (Å²) < 4.78 is 26.6. The molecule has 0 atom stereocenters. The third-order valence-corrected chi connectivity index (χ3v) is 3.03. The van der Waals surface area contributed by atoms with Gasteiger partial charge in [0.2, 0.25) is 0 Å². The normalized spacial score (nSPS) is 11.6. The minimum absolute atomic E-state index is 0.0486. The van der Waals surface area contributed by atoms with E-state index in [0.29, 0.717) is 0 Å². The second-order valence-electron chi connectivity index (χ2n) is 2.23. The summed E-state index contributed by atoms with van der Waals surface area (Å²) in [7, 11) is -2.64. The van der Waals surface area contributed by atoms with Crippen LogP contribution in [0.4, 0.5) is 0 Å². The van der Waals surface area contributed by atoms with Gasteiger partial charge in [0.15, 0.2) is 0 Å². The Hall–Kier alpha value is -0.290. The zero-order chi connectivity index (χ0) is 10.1. The first-order chi connectivity index (χ1) is 5.95. The van der Waals surface area contributed by atoms with E-state index in [1.54, 1.807) is 0 Å². The topological polar surface area (TPSA) is 43.4 Å². The Labute approximate surface area is 86.4 Å². The molecule has 0 bridgehead atoms. The Morgan fingerprint density at radius 2 is 1.62 bits per heavy atom. The molecule has 1 aromatic rings. The van der Waals surface area contributed by atoms with Gasteiger partial charge in [0.25, 0.3) is 10.1 Å². The second kappa shape index (κ2) is 3.84. The van der Waals surface area contributed by atoms with Crippen molar-refractivity contribution in [1.82, 2.24) is 0 Å². The molecule has 13 heavy (non-hydrogen) atoms. The number of hydrogen-bond donors (Lipinski definition) is 0. The fourth-order valence-electron chi connectivity index (χ4n) is 0.769. The van der Waals surface area contributed by atoms with Crippen LogP contribution in [0.3, 0.4) is 0 Å². The van der Waals surface area contributed by atoms with E-state index in [1.807, 2.05) is 0 Å². The summed E-state index contributed by atoms with van der Waals surface area (Å²) in [6.07, 6.45) is 0. The maximum Gasteiger partial charge on any atom is 0.296 e.